The van der Waals surface area contributed by atoms with Crippen LogP contribution in [0.4, 0.5) is 0 Å². The van der Waals surface area contributed by atoms with E-state index in [0.717, 1.165) is 23.7 Å². The molecule has 1 N–H and O–H groups in total. The van der Waals surface area contributed by atoms with Gasteiger partial charge in [0.15, 0.2) is 0 Å². The minimum Gasteiger partial charge on any atom is -0.351 e. The Kier molecular flexibility index (Phi) is 5.29. The highest BCUT2D eigenvalue weighted by atomic mass is 16.2. The highest BCUT2D eigenvalue weighted by Crippen LogP contribution is 2.17. The van der Waals surface area contributed by atoms with Crippen molar-refractivity contribution in [1.82, 2.24) is 9.88 Å². The van der Waals surface area contributed by atoms with Gasteiger partial charge >= 0.3 is 0 Å². The molecule has 0 saturated carbocycles. The maximum atomic E-state index is 12.7. The lowest BCUT2D eigenvalue weighted by Gasteiger charge is -2.22. The number of aromatic nitrogens is 1. The van der Waals surface area contributed by atoms with Gasteiger partial charge in [-0.3, -0.25) is 9.59 Å². The number of benzene rings is 2. The summed E-state index contributed by atoms with van der Waals surface area (Å²) in [5.41, 5.74) is 2.64. The number of hydrogen-bond donors (Lipinski definition) is 1. The number of para-hydroxylation sites is 1. The monoisotopic (exact) mass is 333 g/mol. The zero-order chi connectivity index (χ0) is 17.6. The molecular formula is C21H21N2O2. The third-order valence-corrected chi connectivity index (χ3v) is 4.47. The van der Waals surface area contributed by atoms with Gasteiger partial charge in [-0.05, 0) is 37.0 Å². The molecule has 0 fully saturated rings. The fourth-order valence-electron chi connectivity index (χ4n) is 3.00. The number of nitrogens with one attached hydrogen (secondary N) is 1. The van der Waals surface area contributed by atoms with Gasteiger partial charge < -0.3 is 9.88 Å². The van der Waals surface area contributed by atoms with Gasteiger partial charge in [0.25, 0.3) is 5.91 Å². The Bertz CT molecular complexity index is 821. The predicted molar refractivity (Wildman–Crippen MR) is 99.3 cm³/mol. The van der Waals surface area contributed by atoms with Crippen molar-refractivity contribution in [1.29, 1.82) is 0 Å². The molecule has 4 nitrogen and oxygen atoms in total. The van der Waals surface area contributed by atoms with Gasteiger partial charge in [0.05, 0.1) is 6.04 Å². The van der Waals surface area contributed by atoms with Gasteiger partial charge in [-0.15, -0.1) is 0 Å². The quantitative estimate of drug-likeness (QED) is 0.716. The van der Waals surface area contributed by atoms with Crippen LogP contribution in [-0.4, -0.2) is 35.2 Å². The Hall–Kier alpha value is -2.88. The van der Waals surface area contributed by atoms with Gasteiger partial charge in [-0.2, -0.15) is 0 Å². The molecule has 3 aromatic rings. The van der Waals surface area contributed by atoms with Crippen LogP contribution in [0.5, 0.6) is 0 Å². The van der Waals surface area contributed by atoms with Crippen LogP contribution in [-0.2, 0) is 11.2 Å². The first kappa shape index (κ1) is 17.0. The summed E-state index contributed by atoms with van der Waals surface area (Å²) in [7, 11) is 1.66. The highest BCUT2D eigenvalue weighted by molar-refractivity contribution is 5.98. The van der Waals surface area contributed by atoms with E-state index < -0.39 is 6.04 Å². The number of aryl methyl sites for hydroxylation is 1. The number of hydrogen-bond acceptors (Lipinski definition) is 2. The molecular weight excluding hydrogens is 312 g/mol. The molecule has 25 heavy (non-hydrogen) atoms. The molecule has 1 radical (unpaired) electrons. The number of likely N-dealkylation sites (N-methyl/N-ethyl adjacent to an activating group) is 1. The summed E-state index contributed by atoms with van der Waals surface area (Å²) in [6.07, 6.45) is 4.32. The minimum atomic E-state index is -0.539. The fraction of sp³-hybridized carbons (Fsp3) is 0.238. The molecule has 0 bridgehead atoms. The number of rotatable bonds is 7. The first-order chi connectivity index (χ1) is 12.2. The van der Waals surface area contributed by atoms with Crippen LogP contribution in [0.3, 0.4) is 0 Å². The van der Waals surface area contributed by atoms with Gasteiger partial charge in [0.2, 0.25) is 6.29 Å². The lowest BCUT2D eigenvalue weighted by Crippen LogP contribution is -2.38. The van der Waals surface area contributed by atoms with Crippen molar-refractivity contribution in [3.05, 3.63) is 71.9 Å². The third-order valence-electron chi connectivity index (χ3n) is 4.47. The topological polar surface area (TPSA) is 53.2 Å². The maximum absolute atomic E-state index is 12.7. The SMILES string of the molecule is CN(C(=O)c1cc2ccccc2[nH]1)[C@@H]([C]=O)CCCc1ccccc1. The molecule has 4 heteroatoms. The highest BCUT2D eigenvalue weighted by Gasteiger charge is 2.22. The molecule has 2 aromatic carbocycles. The second-order valence-corrected chi connectivity index (χ2v) is 6.20. The normalized spacial score (nSPS) is 12.0. The summed E-state index contributed by atoms with van der Waals surface area (Å²) in [6.45, 7) is 0. The average Bonchev–Trinajstić information content (AvgIpc) is 3.09. The number of aromatic amines is 1. The molecule has 0 spiro atoms. The lowest BCUT2D eigenvalue weighted by atomic mass is 10.0. The van der Waals surface area contributed by atoms with Crippen molar-refractivity contribution in [2.45, 2.75) is 25.3 Å². The second kappa shape index (κ2) is 7.79. The lowest BCUT2D eigenvalue weighted by molar-refractivity contribution is 0.0757. The summed E-state index contributed by atoms with van der Waals surface area (Å²) in [5.74, 6) is -0.190. The van der Waals surface area contributed by atoms with Crippen molar-refractivity contribution in [3.8, 4) is 0 Å². The Morgan fingerprint density at radius 1 is 1.12 bits per heavy atom. The van der Waals surface area contributed by atoms with E-state index in [1.807, 2.05) is 54.8 Å². The summed E-state index contributed by atoms with van der Waals surface area (Å²) in [6, 6.07) is 19.1. The summed E-state index contributed by atoms with van der Waals surface area (Å²) >= 11 is 0. The average molecular weight is 333 g/mol. The van der Waals surface area contributed by atoms with Crippen LogP contribution in [0.2, 0.25) is 0 Å². The van der Waals surface area contributed by atoms with Crippen LogP contribution >= 0.6 is 0 Å². The molecule has 0 aliphatic heterocycles. The summed E-state index contributed by atoms with van der Waals surface area (Å²) in [5, 5.41) is 0.981. The summed E-state index contributed by atoms with van der Waals surface area (Å²) in [4.78, 5) is 28.6. The van der Waals surface area contributed by atoms with Crippen LogP contribution in [0.15, 0.2) is 60.7 Å². The van der Waals surface area contributed by atoms with Gasteiger partial charge in [0.1, 0.15) is 5.69 Å². The zero-order valence-electron chi connectivity index (χ0n) is 14.2. The standard InChI is InChI=1S/C21H21N2O2/c1-23(18(15-24)12-7-10-16-8-3-2-4-9-16)21(25)20-14-17-11-5-6-13-19(17)22-20/h2-6,8-9,11,13-14,18,22H,7,10,12H2,1H3/t18-/m1/s1. The molecule has 3 rings (SSSR count). The number of fused-ring (bicyclic) bond motifs is 1. The molecule has 0 aliphatic rings. The fourth-order valence-corrected chi connectivity index (χ4v) is 3.00. The number of amides is 1. The van der Waals surface area contributed by atoms with Gasteiger partial charge in [-0.1, -0.05) is 48.5 Å². The number of carbonyl (C=O) groups excluding carboxylic acids is 2. The molecule has 0 aliphatic carbocycles. The van der Waals surface area contributed by atoms with Crippen molar-refractivity contribution in [2.24, 2.45) is 0 Å². The van der Waals surface area contributed by atoms with E-state index in [1.54, 1.807) is 7.05 Å². The molecule has 0 saturated heterocycles. The first-order valence-electron chi connectivity index (χ1n) is 8.45. The molecule has 1 atom stereocenters. The molecule has 0 unspecified atom stereocenters. The summed E-state index contributed by atoms with van der Waals surface area (Å²) < 4.78 is 0. The number of carbonyl (C=O) groups is 1. The first-order valence-corrected chi connectivity index (χ1v) is 8.45. The number of H-pyrrole nitrogens is 1. The van der Waals surface area contributed by atoms with E-state index in [2.05, 4.69) is 17.1 Å². The van der Waals surface area contributed by atoms with Crippen molar-refractivity contribution in [2.75, 3.05) is 7.05 Å². The van der Waals surface area contributed by atoms with E-state index in [9.17, 15) is 9.59 Å². The second-order valence-electron chi connectivity index (χ2n) is 6.20. The van der Waals surface area contributed by atoms with Crippen molar-refractivity contribution in [3.63, 3.8) is 0 Å². The van der Waals surface area contributed by atoms with Crippen LogP contribution < -0.4 is 0 Å². The van der Waals surface area contributed by atoms with Gasteiger partial charge in [0, 0.05) is 18.0 Å². The van der Waals surface area contributed by atoms with E-state index in [4.69, 9.17) is 0 Å². The largest absolute Gasteiger partial charge is 0.351 e. The van der Waals surface area contributed by atoms with E-state index in [-0.39, 0.29) is 5.91 Å². The van der Waals surface area contributed by atoms with E-state index in [0.29, 0.717) is 12.1 Å². The zero-order valence-corrected chi connectivity index (χ0v) is 14.2. The van der Waals surface area contributed by atoms with Crippen molar-refractivity contribution < 1.29 is 9.59 Å². The van der Waals surface area contributed by atoms with Gasteiger partial charge in [-0.25, -0.2) is 0 Å². The molecule has 1 amide bonds. The molecule has 1 heterocycles. The van der Waals surface area contributed by atoms with Crippen molar-refractivity contribution >= 4 is 23.1 Å². The van der Waals surface area contributed by atoms with E-state index in [1.165, 1.54) is 10.5 Å². The van der Waals surface area contributed by atoms with Crippen LogP contribution in [0.25, 0.3) is 10.9 Å². The van der Waals surface area contributed by atoms with E-state index >= 15 is 0 Å². The minimum absolute atomic E-state index is 0.190. The molecule has 1 aromatic heterocycles. The Morgan fingerprint density at radius 2 is 1.84 bits per heavy atom. The van der Waals surface area contributed by atoms with Crippen LogP contribution in [0.1, 0.15) is 28.9 Å². The third kappa shape index (κ3) is 3.97. The van der Waals surface area contributed by atoms with Crippen LogP contribution in [0, 0.1) is 0 Å². The Labute approximate surface area is 147 Å². The Morgan fingerprint density at radius 3 is 2.56 bits per heavy atom. The smallest absolute Gasteiger partial charge is 0.270 e. The number of nitrogens with zero attached hydrogens (tertiary/aromatic N) is 1. The maximum Gasteiger partial charge on any atom is 0.270 e. The Balaban J connectivity index is 1.63. The predicted octanol–water partition coefficient (Wildman–Crippen LogP) is 3.74. The molecule has 127 valence electrons.